The summed E-state index contributed by atoms with van der Waals surface area (Å²) in [5.74, 6) is 0.935. The maximum atomic E-state index is 5.42. The number of benzene rings is 1. The average Bonchev–Trinajstić information content (AvgIpc) is 2.79. The molecule has 1 aliphatic heterocycles. The van der Waals surface area contributed by atoms with Crippen LogP contribution in [0.25, 0.3) is 0 Å². The first-order chi connectivity index (χ1) is 5.88. The molecule has 0 N–H and O–H groups in total. The monoisotopic (exact) mass is 162 g/mol. The molecule has 1 heterocycles. The SMILES string of the molecule is COc1ccc2c(c1)[C@@H]1O[C@@H]1C2. The van der Waals surface area contributed by atoms with Crippen LogP contribution in [-0.2, 0) is 11.2 Å². The maximum absolute atomic E-state index is 5.42. The highest BCUT2D eigenvalue weighted by Gasteiger charge is 2.47. The van der Waals surface area contributed by atoms with Crippen LogP contribution in [0.15, 0.2) is 18.2 Å². The van der Waals surface area contributed by atoms with Gasteiger partial charge in [0.1, 0.15) is 11.9 Å². The third kappa shape index (κ3) is 0.730. The highest BCUT2D eigenvalue weighted by Crippen LogP contribution is 2.49. The van der Waals surface area contributed by atoms with Crippen LogP contribution in [0.2, 0.25) is 0 Å². The van der Waals surface area contributed by atoms with E-state index in [-0.39, 0.29) is 0 Å². The van der Waals surface area contributed by atoms with Crippen molar-refractivity contribution in [3.8, 4) is 5.75 Å². The Kier molecular flexibility index (Phi) is 1.09. The van der Waals surface area contributed by atoms with Crippen molar-refractivity contribution >= 4 is 0 Å². The summed E-state index contributed by atoms with van der Waals surface area (Å²) >= 11 is 0. The standard InChI is InChI=1S/C10H10O2/c1-11-7-3-2-6-4-9-10(12-9)8(6)5-7/h2-3,5,9-10H,4H2,1H3/t9-,10+/m1/s1. The number of epoxide rings is 1. The van der Waals surface area contributed by atoms with E-state index in [2.05, 4.69) is 12.1 Å². The lowest BCUT2D eigenvalue weighted by molar-refractivity contribution is 0.359. The van der Waals surface area contributed by atoms with E-state index in [0.29, 0.717) is 12.2 Å². The summed E-state index contributed by atoms with van der Waals surface area (Å²) in [7, 11) is 1.70. The summed E-state index contributed by atoms with van der Waals surface area (Å²) in [5, 5.41) is 0. The van der Waals surface area contributed by atoms with Crippen molar-refractivity contribution in [3.05, 3.63) is 29.3 Å². The van der Waals surface area contributed by atoms with Crippen LogP contribution in [0.4, 0.5) is 0 Å². The molecule has 0 unspecified atom stereocenters. The van der Waals surface area contributed by atoms with E-state index in [1.165, 1.54) is 11.1 Å². The van der Waals surface area contributed by atoms with Gasteiger partial charge in [0.05, 0.1) is 13.2 Å². The summed E-state index contributed by atoms with van der Waals surface area (Å²) in [6, 6.07) is 6.25. The first-order valence-corrected chi connectivity index (χ1v) is 4.21. The van der Waals surface area contributed by atoms with Crippen molar-refractivity contribution in [2.75, 3.05) is 7.11 Å². The van der Waals surface area contributed by atoms with Crippen molar-refractivity contribution in [1.82, 2.24) is 0 Å². The zero-order valence-corrected chi connectivity index (χ0v) is 6.91. The third-order valence-electron chi connectivity index (χ3n) is 2.66. The molecule has 3 rings (SSSR count). The van der Waals surface area contributed by atoms with Crippen molar-refractivity contribution in [2.45, 2.75) is 18.6 Å². The smallest absolute Gasteiger partial charge is 0.119 e. The second kappa shape index (κ2) is 2.02. The molecular formula is C10H10O2. The number of hydrogen-bond donors (Lipinski definition) is 0. The van der Waals surface area contributed by atoms with E-state index in [0.717, 1.165) is 12.2 Å². The zero-order valence-electron chi connectivity index (χ0n) is 6.91. The minimum atomic E-state index is 0.384. The van der Waals surface area contributed by atoms with Crippen LogP contribution >= 0.6 is 0 Å². The van der Waals surface area contributed by atoms with Crippen LogP contribution in [0.1, 0.15) is 17.2 Å². The number of ether oxygens (including phenoxy) is 2. The van der Waals surface area contributed by atoms with Crippen LogP contribution < -0.4 is 4.74 Å². The van der Waals surface area contributed by atoms with Crippen LogP contribution in [-0.4, -0.2) is 13.2 Å². The highest BCUT2D eigenvalue weighted by atomic mass is 16.6. The molecule has 2 aliphatic rings. The summed E-state index contributed by atoms with van der Waals surface area (Å²) in [6.45, 7) is 0. The molecule has 0 spiro atoms. The van der Waals surface area contributed by atoms with Crippen LogP contribution in [0.5, 0.6) is 5.75 Å². The van der Waals surface area contributed by atoms with Crippen molar-refractivity contribution in [2.24, 2.45) is 0 Å². The molecule has 0 bridgehead atoms. The Labute approximate surface area is 71.1 Å². The molecule has 0 saturated carbocycles. The van der Waals surface area contributed by atoms with Gasteiger partial charge in [0, 0.05) is 6.42 Å². The average molecular weight is 162 g/mol. The molecule has 0 radical (unpaired) electrons. The van der Waals surface area contributed by atoms with Crippen LogP contribution in [0, 0.1) is 0 Å². The summed E-state index contributed by atoms with van der Waals surface area (Å²) in [4.78, 5) is 0. The third-order valence-corrected chi connectivity index (χ3v) is 2.66. The quantitative estimate of drug-likeness (QED) is 0.586. The van der Waals surface area contributed by atoms with Gasteiger partial charge in [-0.1, -0.05) is 6.07 Å². The fraction of sp³-hybridized carbons (Fsp3) is 0.400. The van der Waals surface area contributed by atoms with E-state index < -0.39 is 0 Å². The summed E-state index contributed by atoms with van der Waals surface area (Å²) < 4.78 is 10.6. The molecule has 62 valence electrons. The molecule has 2 atom stereocenters. The highest BCUT2D eigenvalue weighted by molar-refractivity contribution is 5.44. The lowest BCUT2D eigenvalue weighted by Gasteiger charge is -2.04. The van der Waals surface area contributed by atoms with E-state index >= 15 is 0 Å². The molecule has 12 heavy (non-hydrogen) atoms. The van der Waals surface area contributed by atoms with E-state index in [4.69, 9.17) is 9.47 Å². The second-order valence-corrected chi connectivity index (χ2v) is 3.36. The summed E-state index contributed by atoms with van der Waals surface area (Å²) in [5.41, 5.74) is 2.76. The Morgan fingerprint density at radius 2 is 2.42 bits per heavy atom. The van der Waals surface area contributed by atoms with Gasteiger partial charge in [-0.3, -0.25) is 0 Å². The first-order valence-electron chi connectivity index (χ1n) is 4.21. The predicted octanol–water partition coefficient (Wildman–Crippen LogP) is 1.69. The number of methoxy groups -OCH3 is 1. The lowest BCUT2D eigenvalue weighted by atomic mass is 10.1. The van der Waals surface area contributed by atoms with Crippen molar-refractivity contribution in [1.29, 1.82) is 0 Å². The van der Waals surface area contributed by atoms with Crippen molar-refractivity contribution < 1.29 is 9.47 Å². The molecule has 2 nitrogen and oxygen atoms in total. The Bertz CT molecular complexity index is 333. The number of rotatable bonds is 1. The van der Waals surface area contributed by atoms with Gasteiger partial charge in [0.25, 0.3) is 0 Å². The molecular weight excluding hydrogens is 152 g/mol. The van der Waals surface area contributed by atoms with Gasteiger partial charge in [-0.25, -0.2) is 0 Å². The normalized spacial score (nSPS) is 29.4. The van der Waals surface area contributed by atoms with Gasteiger partial charge in [-0.15, -0.1) is 0 Å². The molecule has 1 saturated heterocycles. The van der Waals surface area contributed by atoms with E-state index in [9.17, 15) is 0 Å². The van der Waals surface area contributed by atoms with Gasteiger partial charge < -0.3 is 9.47 Å². The molecule has 0 amide bonds. The lowest BCUT2D eigenvalue weighted by Crippen LogP contribution is -1.90. The fourth-order valence-corrected chi connectivity index (χ4v) is 1.94. The topological polar surface area (TPSA) is 21.8 Å². The van der Waals surface area contributed by atoms with Crippen molar-refractivity contribution in [3.63, 3.8) is 0 Å². The summed E-state index contributed by atoms with van der Waals surface area (Å²) in [6.07, 6.45) is 1.95. The fourth-order valence-electron chi connectivity index (χ4n) is 1.94. The Morgan fingerprint density at radius 3 is 3.25 bits per heavy atom. The molecule has 1 fully saturated rings. The zero-order chi connectivity index (χ0) is 8.13. The predicted molar refractivity (Wildman–Crippen MR) is 44.3 cm³/mol. The second-order valence-electron chi connectivity index (χ2n) is 3.36. The molecule has 0 aromatic heterocycles. The number of fused-ring (bicyclic) bond motifs is 3. The maximum Gasteiger partial charge on any atom is 0.119 e. The number of hydrogen-bond acceptors (Lipinski definition) is 2. The van der Waals surface area contributed by atoms with Crippen LogP contribution in [0.3, 0.4) is 0 Å². The minimum Gasteiger partial charge on any atom is -0.497 e. The minimum absolute atomic E-state index is 0.384. The molecule has 1 aliphatic carbocycles. The Morgan fingerprint density at radius 1 is 1.50 bits per heavy atom. The molecule has 2 heteroatoms. The first kappa shape index (κ1) is 6.49. The Hall–Kier alpha value is -1.02. The van der Waals surface area contributed by atoms with Gasteiger partial charge in [-0.2, -0.15) is 0 Å². The van der Waals surface area contributed by atoms with Gasteiger partial charge in [-0.05, 0) is 23.3 Å². The van der Waals surface area contributed by atoms with Gasteiger partial charge in [0.15, 0.2) is 0 Å². The van der Waals surface area contributed by atoms with Gasteiger partial charge in [0.2, 0.25) is 0 Å². The largest absolute Gasteiger partial charge is 0.497 e. The van der Waals surface area contributed by atoms with E-state index in [1.54, 1.807) is 7.11 Å². The molecule has 1 aromatic carbocycles. The van der Waals surface area contributed by atoms with Gasteiger partial charge >= 0.3 is 0 Å². The Balaban J connectivity index is 2.09. The molecule has 1 aromatic rings. The van der Waals surface area contributed by atoms with E-state index in [1.807, 2.05) is 6.07 Å².